The second kappa shape index (κ2) is 9.22. The summed E-state index contributed by atoms with van der Waals surface area (Å²) in [5.74, 6) is 1.14. The summed E-state index contributed by atoms with van der Waals surface area (Å²) >= 11 is 0. The summed E-state index contributed by atoms with van der Waals surface area (Å²) in [4.78, 5) is 16.5. The molecule has 0 saturated carbocycles. The number of hydrogen-bond acceptors (Lipinski definition) is 4. The highest BCUT2D eigenvalue weighted by atomic mass is 16.5. The molecular weight excluding hydrogens is 328 g/mol. The summed E-state index contributed by atoms with van der Waals surface area (Å²) in [6, 6.07) is 20.5. The van der Waals surface area contributed by atoms with E-state index in [0.29, 0.717) is 31.1 Å². The molecule has 0 fully saturated rings. The molecular formula is C21H20N2O3. The lowest BCUT2D eigenvalue weighted by Crippen LogP contribution is -2.23. The van der Waals surface area contributed by atoms with Gasteiger partial charge < -0.3 is 14.8 Å². The maximum Gasteiger partial charge on any atom is 0.255 e. The molecule has 1 heterocycles. The van der Waals surface area contributed by atoms with Gasteiger partial charge in [-0.1, -0.05) is 36.4 Å². The highest BCUT2D eigenvalue weighted by molar-refractivity contribution is 5.96. The van der Waals surface area contributed by atoms with Crippen LogP contribution in [0.15, 0.2) is 79.1 Å². The minimum atomic E-state index is -0.187. The van der Waals surface area contributed by atoms with E-state index in [2.05, 4.69) is 10.3 Å². The fraction of sp³-hybridized carbons (Fsp3) is 0.143. The van der Waals surface area contributed by atoms with E-state index >= 15 is 0 Å². The van der Waals surface area contributed by atoms with E-state index in [1.807, 2.05) is 54.6 Å². The Hall–Kier alpha value is -3.34. The Morgan fingerprint density at radius 1 is 0.885 bits per heavy atom. The zero-order valence-corrected chi connectivity index (χ0v) is 14.3. The number of amides is 1. The van der Waals surface area contributed by atoms with Crippen molar-refractivity contribution in [2.45, 2.75) is 6.54 Å². The van der Waals surface area contributed by atoms with Gasteiger partial charge in [-0.3, -0.25) is 9.78 Å². The Balaban J connectivity index is 1.52. The molecule has 3 aromatic rings. The number of pyridine rings is 1. The fourth-order valence-corrected chi connectivity index (χ4v) is 2.39. The van der Waals surface area contributed by atoms with Crippen LogP contribution in [-0.2, 0) is 6.54 Å². The minimum Gasteiger partial charge on any atom is -0.490 e. The number of benzene rings is 2. The van der Waals surface area contributed by atoms with E-state index in [9.17, 15) is 4.79 Å². The van der Waals surface area contributed by atoms with Crippen LogP contribution in [0.3, 0.4) is 0 Å². The van der Waals surface area contributed by atoms with Gasteiger partial charge >= 0.3 is 0 Å². The summed E-state index contributed by atoms with van der Waals surface area (Å²) in [5.41, 5.74) is 1.44. The number of carbonyl (C=O) groups is 1. The Labute approximate surface area is 152 Å². The van der Waals surface area contributed by atoms with Gasteiger partial charge in [-0.05, 0) is 35.9 Å². The van der Waals surface area contributed by atoms with Crippen molar-refractivity contribution in [3.63, 3.8) is 0 Å². The third-order valence-electron chi connectivity index (χ3n) is 3.66. The van der Waals surface area contributed by atoms with E-state index in [0.717, 1.165) is 11.3 Å². The maximum atomic E-state index is 12.5. The van der Waals surface area contributed by atoms with E-state index in [4.69, 9.17) is 9.47 Å². The highest BCUT2D eigenvalue weighted by Gasteiger charge is 2.11. The monoisotopic (exact) mass is 348 g/mol. The topological polar surface area (TPSA) is 60.5 Å². The third-order valence-corrected chi connectivity index (χ3v) is 3.66. The normalized spacial score (nSPS) is 10.2. The predicted octanol–water partition coefficient (Wildman–Crippen LogP) is 3.47. The van der Waals surface area contributed by atoms with Crippen LogP contribution in [0.5, 0.6) is 11.5 Å². The SMILES string of the molecule is O=C(NCc1cccnc1)c1ccccc1OCCOc1ccccc1. The van der Waals surface area contributed by atoms with Crippen molar-refractivity contribution in [3.05, 3.63) is 90.3 Å². The van der Waals surface area contributed by atoms with Gasteiger partial charge in [0.2, 0.25) is 0 Å². The molecule has 0 aliphatic carbocycles. The van der Waals surface area contributed by atoms with Crippen LogP contribution in [0.2, 0.25) is 0 Å². The maximum absolute atomic E-state index is 12.5. The Morgan fingerprint density at radius 3 is 2.46 bits per heavy atom. The van der Waals surface area contributed by atoms with Crippen LogP contribution >= 0.6 is 0 Å². The Morgan fingerprint density at radius 2 is 1.65 bits per heavy atom. The smallest absolute Gasteiger partial charge is 0.255 e. The Bertz CT molecular complexity index is 823. The third kappa shape index (κ3) is 5.08. The number of nitrogens with one attached hydrogen (secondary N) is 1. The van der Waals surface area contributed by atoms with Crippen LogP contribution in [-0.4, -0.2) is 24.1 Å². The molecule has 2 aromatic carbocycles. The summed E-state index contributed by atoms with van der Waals surface area (Å²) in [5, 5.41) is 2.88. The molecule has 132 valence electrons. The standard InChI is InChI=1S/C21H20N2O3/c24-21(23-16-17-7-6-12-22-15-17)19-10-4-5-11-20(19)26-14-13-25-18-8-2-1-3-9-18/h1-12,15H,13-14,16H2,(H,23,24). The van der Waals surface area contributed by atoms with Gasteiger partial charge in [-0.25, -0.2) is 0 Å². The molecule has 26 heavy (non-hydrogen) atoms. The van der Waals surface area contributed by atoms with Crippen molar-refractivity contribution in [2.75, 3.05) is 13.2 Å². The van der Waals surface area contributed by atoms with Crippen molar-refractivity contribution in [1.82, 2.24) is 10.3 Å². The van der Waals surface area contributed by atoms with Gasteiger partial charge in [0, 0.05) is 18.9 Å². The fourth-order valence-electron chi connectivity index (χ4n) is 2.39. The average Bonchev–Trinajstić information content (AvgIpc) is 2.71. The number of hydrogen-bond donors (Lipinski definition) is 1. The second-order valence-electron chi connectivity index (χ2n) is 5.55. The molecule has 0 spiro atoms. The van der Waals surface area contributed by atoms with E-state index in [1.54, 1.807) is 24.5 Å². The first kappa shape index (κ1) is 17.5. The van der Waals surface area contributed by atoms with Crippen molar-refractivity contribution < 1.29 is 14.3 Å². The van der Waals surface area contributed by atoms with Crippen LogP contribution < -0.4 is 14.8 Å². The molecule has 1 aromatic heterocycles. The van der Waals surface area contributed by atoms with Gasteiger partial charge in [0.15, 0.2) is 0 Å². The van der Waals surface area contributed by atoms with E-state index in [1.165, 1.54) is 0 Å². The lowest BCUT2D eigenvalue weighted by molar-refractivity contribution is 0.0945. The Kier molecular flexibility index (Phi) is 6.20. The summed E-state index contributed by atoms with van der Waals surface area (Å²) in [6.07, 6.45) is 3.43. The zero-order chi connectivity index (χ0) is 18.0. The van der Waals surface area contributed by atoms with Crippen molar-refractivity contribution in [2.24, 2.45) is 0 Å². The molecule has 5 nitrogen and oxygen atoms in total. The number of nitrogens with zero attached hydrogens (tertiary/aromatic N) is 1. The van der Waals surface area contributed by atoms with Gasteiger partial charge in [-0.15, -0.1) is 0 Å². The first-order valence-electron chi connectivity index (χ1n) is 8.40. The number of rotatable bonds is 8. The molecule has 0 atom stereocenters. The lowest BCUT2D eigenvalue weighted by Gasteiger charge is -2.12. The van der Waals surface area contributed by atoms with Crippen LogP contribution in [0.1, 0.15) is 15.9 Å². The quantitative estimate of drug-likeness (QED) is 0.633. The predicted molar refractivity (Wildman–Crippen MR) is 99.3 cm³/mol. The van der Waals surface area contributed by atoms with E-state index < -0.39 is 0 Å². The first-order valence-corrected chi connectivity index (χ1v) is 8.40. The zero-order valence-electron chi connectivity index (χ0n) is 14.3. The molecule has 1 N–H and O–H groups in total. The second-order valence-corrected chi connectivity index (χ2v) is 5.55. The van der Waals surface area contributed by atoms with Crippen molar-refractivity contribution >= 4 is 5.91 Å². The average molecular weight is 348 g/mol. The number of para-hydroxylation sites is 2. The largest absolute Gasteiger partial charge is 0.490 e. The summed E-state index contributed by atoms with van der Waals surface area (Å²) < 4.78 is 11.3. The van der Waals surface area contributed by atoms with E-state index in [-0.39, 0.29) is 5.91 Å². The number of aromatic nitrogens is 1. The van der Waals surface area contributed by atoms with Gasteiger partial charge in [0.1, 0.15) is 24.7 Å². The van der Waals surface area contributed by atoms with Crippen LogP contribution in [0.25, 0.3) is 0 Å². The van der Waals surface area contributed by atoms with Gasteiger partial charge in [0.05, 0.1) is 5.56 Å². The summed E-state index contributed by atoms with van der Waals surface area (Å²) in [7, 11) is 0. The summed E-state index contributed by atoms with van der Waals surface area (Å²) in [6.45, 7) is 1.16. The van der Waals surface area contributed by atoms with Crippen molar-refractivity contribution in [3.8, 4) is 11.5 Å². The molecule has 0 saturated heterocycles. The highest BCUT2D eigenvalue weighted by Crippen LogP contribution is 2.18. The molecule has 0 radical (unpaired) electrons. The van der Waals surface area contributed by atoms with Gasteiger partial charge in [0.25, 0.3) is 5.91 Å². The van der Waals surface area contributed by atoms with Crippen LogP contribution in [0.4, 0.5) is 0 Å². The first-order chi connectivity index (χ1) is 12.8. The minimum absolute atomic E-state index is 0.187. The van der Waals surface area contributed by atoms with Crippen molar-refractivity contribution in [1.29, 1.82) is 0 Å². The lowest BCUT2D eigenvalue weighted by atomic mass is 10.2. The molecule has 0 aliphatic heterocycles. The number of carbonyl (C=O) groups excluding carboxylic acids is 1. The van der Waals surface area contributed by atoms with Crippen LogP contribution in [0, 0.1) is 0 Å². The molecule has 3 rings (SSSR count). The molecule has 0 bridgehead atoms. The molecule has 0 unspecified atom stereocenters. The number of ether oxygens (including phenoxy) is 2. The molecule has 5 heteroatoms. The van der Waals surface area contributed by atoms with Gasteiger partial charge in [-0.2, -0.15) is 0 Å². The molecule has 0 aliphatic rings. The molecule has 1 amide bonds.